The van der Waals surface area contributed by atoms with Crippen LogP contribution in [0.15, 0.2) is 6.20 Å². The standard InChI is InChI=1S/C9H15N3O2/c1-7(2)12-6-8(10-11-12)4-3-5-9(13)14/h6-7H,3-5H2,1-2H3,(H,13,14). The lowest BCUT2D eigenvalue weighted by Gasteiger charge is -2.00. The molecule has 0 aliphatic rings. The first-order valence-electron chi connectivity index (χ1n) is 4.72. The molecule has 0 saturated heterocycles. The molecule has 0 radical (unpaired) electrons. The van der Waals surface area contributed by atoms with Gasteiger partial charge in [0.1, 0.15) is 0 Å². The van der Waals surface area contributed by atoms with Crippen LogP contribution in [0.4, 0.5) is 0 Å². The fourth-order valence-electron chi connectivity index (χ4n) is 1.10. The average Bonchev–Trinajstić information content (AvgIpc) is 2.52. The number of aromatic nitrogens is 3. The zero-order valence-corrected chi connectivity index (χ0v) is 8.47. The van der Waals surface area contributed by atoms with Crippen LogP contribution in [0.1, 0.15) is 38.4 Å². The van der Waals surface area contributed by atoms with Crippen LogP contribution in [0.25, 0.3) is 0 Å². The van der Waals surface area contributed by atoms with Gasteiger partial charge in [-0.25, -0.2) is 4.68 Å². The molecule has 1 aromatic rings. The van der Waals surface area contributed by atoms with Crippen LogP contribution >= 0.6 is 0 Å². The van der Waals surface area contributed by atoms with Crippen LogP contribution in [0.5, 0.6) is 0 Å². The Morgan fingerprint density at radius 2 is 2.36 bits per heavy atom. The molecule has 0 aromatic carbocycles. The third kappa shape index (κ3) is 3.16. The summed E-state index contributed by atoms with van der Waals surface area (Å²) in [5.74, 6) is -0.763. The molecule has 1 heterocycles. The summed E-state index contributed by atoms with van der Waals surface area (Å²) in [5, 5.41) is 16.3. The van der Waals surface area contributed by atoms with Crippen LogP contribution < -0.4 is 0 Å². The monoisotopic (exact) mass is 197 g/mol. The van der Waals surface area contributed by atoms with Crippen molar-refractivity contribution in [2.75, 3.05) is 0 Å². The summed E-state index contributed by atoms with van der Waals surface area (Å²) in [4.78, 5) is 10.3. The molecule has 0 bridgehead atoms. The summed E-state index contributed by atoms with van der Waals surface area (Å²) in [7, 11) is 0. The molecule has 0 spiro atoms. The Morgan fingerprint density at radius 1 is 1.64 bits per heavy atom. The molecule has 0 fully saturated rings. The lowest BCUT2D eigenvalue weighted by molar-refractivity contribution is -0.137. The van der Waals surface area contributed by atoms with Crippen molar-refractivity contribution in [2.45, 2.75) is 39.2 Å². The van der Waals surface area contributed by atoms with E-state index < -0.39 is 5.97 Å². The molecule has 0 aliphatic carbocycles. The van der Waals surface area contributed by atoms with Crippen molar-refractivity contribution in [3.8, 4) is 0 Å². The van der Waals surface area contributed by atoms with E-state index in [9.17, 15) is 4.79 Å². The van der Waals surface area contributed by atoms with Crippen molar-refractivity contribution in [3.05, 3.63) is 11.9 Å². The minimum Gasteiger partial charge on any atom is -0.481 e. The second-order valence-electron chi connectivity index (χ2n) is 3.53. The van der Waals surface area contributed by atoms with Gasteiger partial charge in [0.15, 0.2) is 0 Å². The molecule has 14 heavy (non-hydrogen) atoms. The van der Waals surface area contributed by atoms with Gasteiger partial charge in [0.2, 0.25) is 0 Å². The molecule has 5 nitrogen and oxygen atoms in total. The molecule has 5 heteroatoms. The summed E-state index contributed by atoms with van der Waals surface area (Å²) in [6, 6.07) is 0.302. The smallest absolute Gasteiger partial charge is 0.303 e. The van der Waals surface area contributed by atoms with Crippen LogP contribution in [-0.4, -0.2) is 26.1 Å². The Morgan fingerprint density at radius 3 is 2.86 bits per heavy atom. The summed E-state index contributed by atoms with van der Waals surface area (Å²) < 4.78 is 1.77. The maximum atomic E-state index is 10.3. The molecule has 0 saturated carbocycles. The van der Waals surface area contributed by atoms with Gasteiger partial charge < -0.3 is 5.11 Å². The van der Waals surface area contributed by atoms with Gasteiger partial charge in [-0.3, -0.25) is 4.79 Å². The van der Waals surface area contributed by atoms with Gasteiger partial charge in [-0.1, -0.05) is 5.21 Å². The van der Waals surface area contributed by atoms with E-state index in [-0.39, 0.29) is 6.42 Å². The lowest BCUT2D eigenvalue weighted by Crippen LogP contribution is -2.00. The van der Waals surface area contributed by atoms with Crippen molar-refractivity contribution in [3.63, 3.8) is 0 Å². The SMILES string of the molecule is CC(C)n1cc(CCCC(=O)O)nn1. The van der Waals surface area contributed by atoms with Crippen molar-refractivity contribution in [1.29, 1.82) is 0 Å². The Labute approximate surface area is 82.7 Å². The first-order chi connectivity index (χ1) is 6.59. The van der Waals surface area contributed by atoms with Gasteiger partial charge >= 0.3 is 5.97 Å². The molecular formula is C9H15N3O2. The maximum Gasteiger partial charge on any atom is 0.303 e. The van der Waals surface area contributed by atoms with Gasteiger partial charge in [-0.2, -0.15) is 0 Å². The van der Waals surface area contributed by atoms with Crippen LogP contribution in [0.2, 0.25) is 0 Å². The van der Waals surface area contributed by atoms with E-state index in [0.717, 1.165) is 5.69 Å². The predicted octanol–water partition coefficient (Wildman–Crippen LogP) is 1.27. The van der Waals surface area contributed by atoms with E-state index in [2.05, 4.69) is 10.3 Å². The summed E-state index contributed by atoms with van der Waals surface area (Å²) >= 11 is 0. The van der Waals surface area contributed by atoms with E-state index in [1.807, 2.05) is 20.0 Å². The third-order valence-electron chi connectivity index (χ3n) is 1.91. The van der Waals surface area contributed by atoms with Crippen LogP contribution in [-0.2, 0) is 11.2 Å². The van der Waals surface area contributed by atoms with E-state index in [4.69, 9.17) is 5.11 Å². The topological polar surface area (TPSA) is 68.0 Å². The molecule has 0 amide bonds. The highest BCUT2D eigenvalue weighted by Crippen LogP contribution is 2.05. The fraction of sp³-hybridized carbons (Fsp3) is 0.667. The Balaban J connectivity index is 2.40. The highest BCUT2D eigenvalue weighted by atomic mass is 16.4. The second-order valence-corrected chi connectivity index (χ2v) is 3.53. The molecule has 0 unspecified atom stereocenters. The zero-order chi connectivity index (χ0) is 10.6. The van der Waals surface area contributed by atoms with Crippen molar-refractivity contribution < 1.29 is 9.90 Å². The summed E-state index contributed by atoms with van der Waals surface area (Å²) in [6.07, 6.45) is 3.35. The summed E-state index contributed by atoms with van der Waals surface area (Å²) in [6.45, 7) is 4.05. The first-order valence-corrected chi connectivity index (χ1v) is 4.72. The maximum absolute atomic E-state index is 10.3. The minimum atomic E-state index is -0.763. The molecule has 1 aromatic heterocycles. The Bertz CT molecular complexity index is 307. The van der Waals surface area contributed by atoms with Crippen LogP contribution in [0, 0.1) is 0 Å². The number of carboxylic acid groups (broad SMARTS) is 1. The largest absolute Gasteiger partial charge is 0.481 e. The van der Waals surface area contributed by atoms with Crippen LogP contribution in [0.3, 0.4) is 0 Å². The summed E-state index contributed by atoms with van der Waals surface area (Å²) in [5.41, 5.74) is 0.861. The van der Waals surface area contributed by atoms with Crippen molar-refractivity contribution >= 4 is 5.97 Å². The molecule has 1 rings (SSSR count). The van der Waals surface area contributed by atoms with E-state index >= 15 is 0 Å². The van der Waals surface area contributed by atoms with Gasteiger partial charge in [0.05, 0.1) is 5.69 Å². The van der Waals surface area contributed by atoms with E-state index in [1.165, 1.54) is 0 Å². The molecule has 0 aliphatic heterocycles. The number of carbonyl (C=O) groups is 1. The number of hydrogen-bond acceptors (Lipinski definition) is 3. The predicted molar refractivity (Wildman–Crippen MR) is 51.0 cm³/mol. The van der Waals surface area contributed by atoms with Gasteiger partial charge in [0.25, 0.3) is 0 Å². The van der Waals surface area contributed by atoms with E-state index in [1.54, 1.807) is 4.68 Å². The molecule has 78 valence electrons. The zero-order valence-electron chi connectivity index (χ0n) is 8.47. The molecule has 0 atom stereocenters. The van der Waals surface area contributed by atoms with E-state index in [0.29, 0.717) is 18.9 Å². The van der Waals surface area contributed by atoms with Gasteiger partial charge in [-0.05, 0) is 26.7 Å². The number of nitrogens with zero attached hydrogens (tertiary/aromatic N) is 3. The Hall–Kier alpha value is -1.39. The minimum absolute atomic E-state index is 0.189. The van der Waals surface area contributed by atoms with Crippen molar-refractivity contribution in [2.24, 2.45) is 0 Å². The number of hydrogen-bond donors (Lipinski definition) is 1. The van der Waals surface area contributed by atoms with Gasteiger partial charge in [0, 0.05) is 18.7 Å². The first kappa shape index (κ1) is 10.7. The van der Waals surface area contributed by atoms with Crippen molar-refractivity contribution in [1.82, 2.24) is 15.0 Å². The lowest BCUT2D eigenvalue weighted by atomic mass is 10.2. The quantitative estimate of drug-likeness (QED) is 0.771. The molecule has 1 N–H and O–H groups in total. The molecular weight excluding hydrogens is 182 g/mol. The highest BCUT2D eigenvalue weighted by molar-refractivity contribution is 5.66. The number of aliphatic carboxylic acids is 1. The fourth-order valence-corrected chi connectivity index (χ4v) is 1.10. The second kappa shape index (κ2) is 4.74. The highest BCUT2D eigenvalue weighted by Gasteiger charge is 2.04. The van der Waals surface area contributed by atoms with Gasteiger partial charge in [-0.15, -0.1) is 5.10 Å². The number of carboxylic acids is 1. The normalized spacial score (nSPS) is 10.8. The Kier molecular flexibility index (Phi) is 3.62. The number of rotatable bonds is 5. The third-order valence-corrected chi connectivity index (χ3v) is 1.91. The average molecular weight is 197 g/mol. The number of aryl methyl sites for hydroxylation is 1.